The van der Waals surface area contributed by atoms with Gasteiger partial charge >= 0.3 is 0 Å². The quantitative estimate of drug-likeness (QED) is 0.838. The average Bonchev–Trinajstić information content (AvgIpc) is 2.81. The molecule has 100 valence electrons. The molecule has 1 aromatic carbocycles. The third kappa shape index (κ3) is 3.80. The molecule has 19 heavy (non-hydrogen) atoms. The number of hydrogen-bond donors (Lipinski definition) is 1. The van der Waals surface area contributed by atoms with E-state index in [1.54, 1.807) is 25.1 Å². The zero-order valence-electron chi connectivity index (χ0n) is 10.4. The summed E-state index contributed by atoms with van der Waals surface area (Å²) >= 11 is 0. The van der Waals surface area contributed by atoms with Crippen molar-refractivity contribution in [3.63, 3.8) is 0 Å². The van der Waals surface area contributed by atoms with Gasteiger partial charge in [0.15, 0.2) is 0 Å². The first-order valence-corrected chi connectivity index (χ1v) is 5.75. The van der Waals surface area contributed by atoms with Crippen molar-refractivity contribution in [1.82, 2.24) is 10.5 Å². The number of nitrogens with zero attached hydrogens (tertiary/aromatic N) is 1. The number of rotatable bonds is 5. The van der Waals surface area contributed by atoms with Crippen LogP contribution in [0.2, 0.25) is 0 Å². The zero-order chi connectivity index (χ0) is 13.7. The molecule has 1 heterocycles. The van der Waals surface area contributed by atoms with Gasteiger partial charge in [0.1, 0.15) is 18.2 Å². The van der Waals surface area contributed by atoms with E-state index in [9.17, 15) is 9.18 Å². The minimum Gasteiger partial charge on any atom is -0.492 e. The SMILES string of the molecule is Cc1cc(C(=O)NCCOc2cccc(F)c2)on1. The molecule has 1 N–H and O–H groups in total. The summed E-state index contributed by atoms with van der Waals surface area (Å²) in [6.07, 6.45) is 0. The molecule has 0 atom stereocenters. The highest BCUT2D eigenvalue weighted by Crippen LogP contribution is 2.11. The van der Waals surface area contributed by atoms with E-state index >= 15 is 0 Å². The van der Waals surface area contributed by atoms with Crippen molar-refractivity contribution in [2.24, 2.45) is 0 Å². The summed E-state index contributed by atoms with van der Waals surface area (Å²) in [5.74, 6) is -0.143. The Morgan fingerprint density at radius 1 is 1.47 bits per heavy atom. The summed E-state index contributed by atoms with van der Waals surface area (Å²) in [6.45, 7) is 2.25. The fourth-order valence-corrected chi connectivity index (χ4v) is 1.45. The lowest BCUT2D eigenvalue weighted by molar-refractivity contribution is 0.0910. The number of benzene rings is 1. The zero-order valence-corrected chi connectivity index (χ0v) is 10.4. The smallest absolute Gasteiger partial charge is 0.290 e. The van der Waals surface area contributed by atoms with Crippen molar-refractivity contribution in [1.29, 1.82) is 0 Å². The van der Waals surface area contributed by atoms with Crippen LogP contribution in [0.3, 0.4) is 0 Å². The van der Waals surface area contributed by atoms with Crippen molar-refractivity contribution in [2.45, 2.75) is 6.92 Å². The van der Waals surface area contributed by atoms with Crippen molar-refractivity contribution in [3.8, 4) is 5.75 Å². The van der Waals surface area contributed by atoms with Crippen LogP contribution in [0.25, 0.3) is 0 Å². The van der Waals surface area contributed by atoms with Crippen LogP contribution < -0.4 is 10.1 Å². The van der Waals surface area contributed by atoms with E-state index in [0.717, 1.165) is 0 Å². The average molecular weight is 264 g/mol. The maximum absolute atomic E-state index is 12.9. The molecule has 0 aliphatic carbocycles. The first kappa shape index (κ1) is 13.1. The van der Waals surface area contributed by atoms with Crippen LogP contribution >= 0.6 is 0 Å². The van der Waals surface area contributed by atoms with Crippen molar-refractivity contribution in [3.05, 3.63) is 47.6 Å². The Bertz CT molecular complexity index is 569. The third-order valence-electron chi connectivity index (χ3n) is 2.30. The highest BCUT2D eigenvalue weighted by molar-refractivity contribution is 5.91. The molecule has 6 heteroatoms. The molecule has 2 rings (SSSR count). The second-order valence-corrected chi connectivity index (χ2v) is 3.89. The molecule has 0 aliphatic heterocycles. The second-order valence-electron chi connectivity index (χ2n) is 3.89. The molecule has 0 fully saturated rings. The summed E-state index contributed by atoms with van der Waals surface area (Å²) in [6, 6.07) is 7.36. The van der Waals surface area contributed by atoms with Crippen LogP contribution in [0, 0.1) is 12.7 Å². The molecule has 2 aromatic rings. The molecule has 0 radical (unpaired) electrons. The molecule has 0 bridgehead atoms. The van der Waals surface area contributed by atoms with Crippen LogP contribution in [-0.4, -0.2) is 24.2 Å². The minimum atomic E-state index is -0.362. The molecular weight excluding hydrogens is 251 g/mol. The maximum Gasteiger partial charge on any atom is 0.290 e. The van der Waals surface area contributed by atoms with Gasteiger partial charge in [-0.15, -0.1) is 0 Å². The first-order chi connectivity index (χ1) is 9.15. The van der Waals surface area contributed by atoms with Gasteiger partial charge in [0.25, 0.3) is 5.91 Å². The Kier molecular flexibility index (Phi) is 4.12. The van der Waals surface area contributed by atoms with Crippen molar-refractivity contribution < 1.29 is 18.4 Å². The number of nitrogens with one attached hydrogen (secondary N) is 1. The van der Waals surface area contributed by atoms with E-state index in [0.29, 0.717) is 11.4 Å². The Hall–Kier alpha value is -2.37. The van der Waals surface area contributed by atoms with Gasteiger partial charge in [0.2, 0.25) is 5.76 Å². The number of halogens is 1. The predicted octanol–water partition coefficient (Wildman–Crippen LogP) is 1.93. The summed E-state index contributed by atoms with van der Waals surface area (Å²) in [5, 5.41) is 6.22. The van der Waals surface area contributed by atoms with Crippen LogP contribution in [0.5, 0.6) is 5.75 Å². The molecule has 0 unspecified atom stereocenters. The lowest BCUT2D eigenvalue weighted by Gasteiger charge is -2.06. The Labute approximate surface area is 109 Å². The number of aryl methyl sites for hydroxylation is 1. The van der Waals surface area contributed by atoms with Gasteiger partial charge in [-0.3, -0.25) is 4.79 Å². The molecule has 0 spiro atoms. The van der Waals surface area contributed by atoms with Gasteiger partial charge in [-0.05, 0) is 19.1 Å². The molecule has 1 amide bonds. The maximum atomic E-state index is 12.9. The highest BCUT2D eigenvalue weighted by Gasteiger charge is 2.10. The Morgan fingerprint density at radius 2 is 2.32 bits per heavy atom. The van der Waals surface area contributed by atoms with Gasteiger partial charge in [0.05, 0.1) is 12.2 Å². The van der Waals surface area contributed by atoms with E-state index < -0.39 is 0 Å². The lowest BCUT2D eigenvalue weighted by atomic mass is 10.3. The van der Waals surface area contributed by atoms with Crippen LogP contribution in [0.1, 0.15) is 16.2 Å². The third-order valence-corrected chi connectivity index (χ3v) is 2.30. The fraction of sp³-hybridized carbons (Fsp3) is 0.231. The Morgan fingerprint density at radius 3 is 3.00 bits per heavy atom. The van der Waals surface area contributed by atoms with Gasteiger partial charge in [0, 0.05) is 12.1 Å². The van der Waals surface area contributed by atoms with Crippen LogP contribution in [0.4, 0.5) is 4.39 Å². The van der Waals surface area contributed by atoms with Gasteiger partial charge in [-0.2, -0.15) is 0 Å². The molecule has 0 saturated carbocycles. The topological polar surface area (TPSA) is 64.4 Å². The van der Waals surface area contributed by atoms with Crippen LogP contribution in [0.15, 0.2) is 34.9 Å². The molecule has 0 saturated heterocycles. The Balaban J connectivity index is 1.74. The van der Waals surface area contributed by atoms with Gasteiger partial charge < -0.3 is 14.6 Å². The standard InChI is InChI=1S/C13H13FN2O3/c1-9-7-12(19-16-9)13(17)15-5-6-18-11-4-2-3-10(14)8-11/h2-4,7-8H,5-6H2,1H3,(H,15,17). The largest absolute Gasteiger partial charge is 0.492 e. The lowest BCUT2D eigenvalue weighted by Crippen LogP contribution is -2.27. The van der Waals surface area contributed by atoms with E-state index in [2.05, 4.69) is 10.5 Å². The summed E-state index contributed by atoms with van der Waals surface area (Å²) < 4.78 is 22.9. The van der Waals surface area contributed by atoms with Gasteiger partial charge in [-0.25, -0.2) is 4.39 Å². The monoisotopic (exact) mass is 264 g/mol. The van der Waals surface area contributed by atoms with Gasteiger partial charge in [-0.1, -0.05) is 11.2 Å². The second kappa shape index (κ2) is 5.99. The fourth-order valence-electron chi connectivity index (χ4n) is 1.45. The molecule has 1 aromatic heterocycles. The van der Waals surface area contributed by atoms with Crippen molar-refractivity contribution in [2.75, 3.05) is 13.2 Å². The summed E-state index contributed by atoms with van der Waals surface area (Å²) in [7, 11) is 0. The number of ether oxygens (including phenoxy) is 1. The van der Waals surface area contributed by atoms with Crippen LogP contribution in [-0.2, 0) is 0 Å². The molecule has 0 aliphatic rings. The molecular formula is C13H13FN2O3. The first-order valence-electron chi connectivity index (χ1n) is 5.75. The number of amides is 1. The molecule has 5 nitrogen and oxygen atoms in total. The normalized spacial score (nSPS) is 10.2. The summed E-state index contributed by atoms with van der Waals surface area (Å²) in [4.78, 5) is 11.6. The minimum absolute atomic E-state index is 0.156. The van der Waals surface area contributed by atoms with Crippen molar-refractivity contribution >= 4 is 5.91 Å². The predicted molar refractivity (Wildman–Crippen MR) is 65.5 cm³/mol. The van der Waals surface area contributed by atoms with E-state index in [-0.39, 0.29) is 30.6 Å². The number of hydrogen-bond acceptors (Lipinski definition) is 4. The van der Waals surface area contributed by atoms with E-state index in [1.165, 1.54) is 12.1 Å². The number of aromatic nitrogens is 1. The van der Waals surface area contributed by atoms with E-state index in [4.69, 9.17) is 9.26 Å². The van der Waals surface area contributed by atoms with E-state index in [1.807, 2.05) is 0 Å². The number of carbonyl (C=O) groups excluding carboxylic acids is 1. The number of carbonyl (C=O) groups is 1. The highest BCUT2D eigenvalue weighted by atomic mass is 19.1. The summed E-state index contributed by atoms with van der Waals surface area (Å²) in [5.41, 5.74) is 0.640.